The molecule has 0 bridgehead atoms. The lowest BCUT2D eigenvalue weighted by molar-refractivity contribution is -0.123. The fourth-order valence-corrected chi connectivity index (χ4v) is 2.81. The number of anilines is 2. The number of hydrogen-bond acceptors (Lipinski definition) is 3. The fourth-order valence-electron chi connectivity index (χ4n) is 1.76. The van der Waals surface area contributed by atoms with Crippen molar-refractivity contribution in [2.45, 2.75) is 25.7 Å². The molecule has 6 heteroatoms. The number of carbonyl (C=O) groups is 1. The summed E-state index contributed by atoms with van der Waals surface area (Å²) in [5, 5.41) is 2.76. The molecule has 2 N–H and O–H groups in total. The summed E-state index contributed by atoms with van der Waals surface area (Å²) in [4.78, 5) is 12.0. The summed E-state index contributed by atoms with van der Waals surface area (Å²) in [6, 6.07) is 14.7. The number of sulfonamides is 1. The molecular formula is C17H20N2O3S. The van der Waals surface area contributed by atoms with Gasteiger partial charge in [-0.15, -0.1) is 0 Å². The Bertz CT molecular complexity index is 777. The number of carbonyl (C=O) groups excluding carboxylic acids is 1. The van der Waals surface area contributed by atoms with Crippen LogP contribution in [0, 0.1) is 5.41 Å². The van der Waals surface area contributed by atoms with Crippen molar-refractivity contribution in [2.24, 2.45) is 5.41 Å². The summed E-state index contributed by atoms with van der Waals surface area (Å²) in [5.74, 6) is -0.129. The van der Waals surface area contributed by atoms with Crippen molar-refractivity contribution in [3.8, 4) is 0 Å². The van der Waals surface area contributed by atoms with E-state index in [-0.39, 0.29) is 10.8 Å². The van der Waals surface area contributed by atoms with Crippen molar-refractivity contribution in [1.82, 2.24) is 0 Å². The lowest BCUT2D eigenvalue weighted by atomic mass is 9.95. The van der Waals surface area contributed by atoms with Crippen LogP contribution in [0.3, 0.4) is 0 Å². The van der Waals surface area contributed by atoms with Gasteiger partial charge in [-0.1, -0.05) is 39.0 Å². The molecular weight excluding hydrogens is 312 g/mol. The van der Waals surface area contributed by atoms with Gasteiger partial charge in [0.25, 0.3) is 10.0 Å². The number of nitrogens with one attached hydrogen (secondary N) is 2. The molecule has 2 aromatic rings. The predicted octanol–water partition coefficient (Wildman–Crippen LogP) is 3.47. The largest absolute Gasteiger partial charge is 0.326 e. The SMILES string of the molecule is CC(C)(C)C(=O)Nc1ccc(S(=O)(=O)Nc2ccccc2)cc1. The molecule has 2 rings (SSSR count). The molecule has 0 unspecified atom stereocenters. The molecule has 0 aliphatic heterocycles. The molecule has 0 spiro atoms. The number of hydrogen-bond donors (Lipinski definition) is 2. The summed E-state index contributed by atoms with van der Waals surface area (Å²) in [5.41, 5.74) is 0.542. The first kappa shape index (κ1) is 17.0. The van der Waals surface area contributed by atoms with Crippen LogP contribution in [0.5, 0.6) is 0 Å². The van der Waals surface area contributed by atoms with Crippen molar-refractivity contribution >= 4 is 27.3 Å². The summed E-state index contributed by atoms with van der Waals surface area (Å²) < 4.78 is 27.1. The molecule has 23 heavy (non-hydrogen) atoms. The van der Waals surface area contributed by atoms with Crippen LogP contribution < -0.4 is 10.0 Å². The van der Waals surface area contributed by atoms with E-state index in [0.29, 0.717) is 11.4 Å². The summed E-state index contributed by atoms with van der Waals surface area (Å²) >= 11 is 0. The molecule has 0 aromatic heterocycles. The zero-order valence-electron chi connectivity index (χ0n) is 13.3. The minimum atomic E-state index is -3.65. The van der Waals surface area contributed by atoms with E-state index in [1.54, 1.807) is 36.4 Å². The zero-order valence-corrected chi connectivity index (χ0v) is 14.1. The van der Waals surface area contributed by atoms with Crippen molar-refractivity contribution in [3.05, 3.63) is 54.6 Å². The molecule has 2 aromatic carbocycles. The van der Waals surface area contributed by atoms with Crippen LogP contribution in [-0.4, -0.2) is 14.3 Å². The number of rotatable bonds is 4. The number of para-hydroxylation sites is 1. The monoisotopic (exact) mass is 332 g/mol. The minimum Gasteiger partial charge on any atom is -0.326 e. The minimum absolute atomic E-state index is 0.129. The van der Waals surface area contributed by atoms with Gasteiger partial charge in [0.05, 0.1) is 4.90 Å². The van der Waals surface area contributed by atoms with Gasteiger partial charge in [-0.05, 0) is 36.4 Å². The predicted molar refractivity (Wildman–Crippen MR) is 91.8 cm³/mol. The highest BCUT2D eigenvalue weighted by atomic mass is 32.2. The Kier molecular flexibility index (Phi) is 4.75. The van der Waals surface area contributed by atoms with Crippen molar-refractivity contribution in [1.29, 1.82) is 0 Å². The molecule has 0 saturated heterocycles. The quantitative estimate of drug-likeness (QED) is 0.900. The summed E-state index contributed by atoms with van der Waals surface area (Å²) in [6.07, 6.45) is 0. The van der Waals surface area contributed by atoms with Crippen LogP contribution in [0.25, 0.3) is 0 Å². The van der Waals surface area contributed by atoms with E-state index in [1.165, 1.54) is 12.1 Å². The molecule has 0 heterocycles. The van der Waals surface area contributed by atoms with Gasteiger partial charge < -0.3 is 5.32 Å². The molecule has 0 saturated carbocycles. The Morgan fingerprint density at radius 1 is 0.870 bits per heavy atom. The second-order valence-corrected chi connectivity index (χ2v) is 7.88. The fraction of sp³-hybridized carbons (Fsp3) is 0.235. The van der Waals surface area contributed by atoms with Gasteiger partial charge in [-0.25, -0.2) is 8.42 Å². The lowest BCUT2D eigenvalue weighted by Crippen LogP contribution is -2.27. The van der Waals surface area contributed by atoms with Crippen molar-refractivity contribution in [2.75, 3.05) is 10.0 Å². The van der Waals surface area contributed by atoms with Crippen LogP contribution in [0.15, 0.2) is 59.5 Å². The third-order valence-electron chi connectivity index (χ3n) is 3.13. The van der Waals surface area contributed by atoms with E-state index in [1.807, 2.05) is 26.8 Å². The van der Waals surface area contributed by atoms with Gasteiger partial charge in [-0.3, -0.25) is 9.52 Å². The third kappa shape index (κ3) is 4.56. The van der Waals surface area contributed by atoms with Crippen LogP contribution in [0.1, 0.15) is 20.8 Å². The highest BCUT2D eigenvalue weighted by Gasteiger charge is 2.21. The average Bonchev–Trinajstić information content (AvgIpc) is 2.47. The Morgan fingerprint density at radius 2 is 1.43 bits per heavy atom. The molecule has 0 radical (unpaired) electrons. The second kappa shape index (κ2) is 6.42. The van der Waals surface area contributed by atoms with Crippen molar-refractivity contribution < 1.29 is 13.2 Å². The molecule has 122 valence electrons. The molecule has 0 aliphatic carbocycles. The second-order valence-electron chi connectivity index (χ2n) is 6.20. The lowest BCUT2D eigenvalue weighted by Gasteiger charge is -2.17. The Morgan fingerprint density at radius 3 is 1.96 bits per heavy atom. The maximum atomic E-state index is 12.3. The van der Waals surface area contributed by atoms with Gasteiger partial charge in [0, 0.05) is 16.8 Å². The standard InChI is InChI=1S/C17H20N2O3S/c1-17(2,3)16(20)18-13-9-11-15(12-10-13)23(21,22)19-14-7-5-4-6-8-14/h4-12,19H,1-3H3,(H,18,20). The maximum absolute atomic E-state index is 12.3. The third-order valence-corrected chi connectivity index (χ3v) is 4.53. The molecule has 0 aliphatic rings. The Hall–Kier alpha value is -2.34. The average molecular weight is 332 g/mol. The van der Waals surface area contributed by atoms with E-state index in [9.17, 15) is 13.2 Å². The van der Waals surface area contributed by atoms with E-state index in [2.05, 4.69) is 10.0 Å². The van der Waals surface area contributed by atoms with Gasteiger partial charge in [0.1, 0.15) is 0 Å². The molecule has 0 atom stereocenters. The van der Waals surface area contributed by atoms with Crippen LogP contribution in [0.2, 0.25) is 0 Å². The van der Waals surface area contributed by atoms with Crippen molar-refractivity contribution in [3.63, 3.8) is 0 Å². The highest BCUT2D eigenvalue weighted by molar-refractivity contribution is 7.92. The summed E-state index contributed by atoms with van der Waals surface area (Å²) in [7, 11) is -3.65. The Labute approximate surface area is 136 Å². The van der Waals surface area contributed by atoms with Gasteiger partial charge in [0.15, 0.2) is 0 Å². The number of amides is 1. The van der Waals surface area contributed by atoms with Crippen LogP contribution in [0.4, 0.5) is 11.4 Å². The first-order chi connectivity index (χ1) is 10.7. The molecule has 5 nitrogen and oxygen atoms in total. The van der Waals surface area contributed by atoms with Gasteiger partial charge in [-0.2, -0.15) is 0 Å². The Balaban J connectivity index is 2.14. The van der Waals surface area contributed by atoms with E-state index in [4.69, 9.17) is 0 Å². The highest BCUT2D eigenvalue weighted by Crippen LogP contribution is 2.20. The van der Waals surface area contributed by atoms with Gasteiger partial charge >= 0.3 is 0 Å². The van der Waals surface area contributed by atoms with E-state index in [0.717, 1.165) is 0 Å². The normalized spacial score (nSPS) is 11.8. The number of benzene rings is 2. The summed E-state index contributed by atoms with van der Waals surface area (Å²) in [6.45, 7) is 5.43. The smallest absolute Gasteiger partial charge is 0.261 e. The maximum Gasteiger partial charge on any atom is 0.261 e. The molecule has 1 amide bonds. The van der Waals surface area contributed by atoms with Crippen LogP contribution >= 0.6 is 0 Å². The zero-order chi connectivity index (χ0) is 17.1. The molecule has 0 fully saturated rings. The van der Waals surface area contributed by atoms with E-state index >= 15 is 0 Å². The topological polar surface area (TPSA) is 75.3 Å². The first-order valence-electron chi connectivity index (χ1n) is 7.18. The van der Waals surface area contributed by atoms with Gasteiger partial charge in [0.2, 0.25) is 5.91 Å². The van der Waals surface area contributed by atoms with E-state index < -0.39 is 15.4 Å². The van der Waals surface area contributed by atoms with Crippen LogP contribution in [-0.2, 0) is 14.8 Å². The first-order valence-corrected chi connectivity index (χ1v) is 8.66.